The molecule has 1 aliphatic rings. The minimum absolute atomic E-state index is 0.0215. The van der Waals surface area contributed by atoms with Crippen LogP contribution in [0.5, 0.6) is 0 Å². The first kappa shape index (κ1) is 10.8. The molecule has 0 aliphatic carbocycles. The number of alkyl halides is 1. The van der Waals surface area contributed by atoms with Crippen LogP contribution in [0.25, 0.3) is 0 Å². The second-order valence-electron chi connectivity index (χ2n) is 3.81. The number of hydrogen-bond acceptors (Lipinski definition) is 1. The Morgan fingerprint density at radius 1 is 1.27 bits per heavy atom. The molecule has 2 rings (SSSR count). The predicted octanol–water partition coefficient (Wildman–Crippen LogP) is 3.03. The van der Waals surface area contributed by atoms with Crippen LogP contribution in [-0.4, -0.2) is 13.1 Å². The third-order valence-electron chi connectivity index (χ3n) is 2.81. The molecule has 0 spiro atoms. The van der Waals surface area contributed by atoms with Crippen molar-refractivity contribution in [1.82, 2.24) is 5.32 Å². The third-order valence-corrected chi connectivity index (χ3v) is 3.12. The monoisotopic (exact) mass is 231 g/mol. The maximum atomic E-state index is 14.5. The van der Waals surface area contributed by atoms with Crippen molar-refractivity contribution in [2.75, 3.05) is 13.1 Å². The summed E-state index contributed by atoms with van der Waals surface area (Å²) in [4.78, 5) is 0. The summed E-state index contributed by atoms with van der Waals surface area (Å²) in [6.45, 7) is 1.11. The molecule has 15 heavy (non-hydrogen) atoms. The predicted molar refractivity (Wildman–Crippen MR) is 56.3 cm³/mol. The van der Waals surface area contributed by atoms with Gasteiger partial charge in [-0.2, -0.15) is 0 Å². The highest BCUT2D eigenvalue weighted by Gasteiger charge is 2.37. The Balaban J connectivity index is 2.42. The molecule has 1 N–H and O–H groups in total. The lowest BCUT2D eigenvalue weighted by atomic mass is 9.86. The Morgan fingerprint density at radius 3 is 2.53 bits per heavy atom. The van der Waals surface area contributed by atoms with Gasteiger partial charge in [0.15, 0.2) is 0 Å². The van der Waals surface area contributed by atoms with Crippen LogP contribution in [0, 0.1) is 5.82 Å². The molecule has 0 unspecified atom stereocenters. The second kappa shape index (κ2) is 4.06. The SMILES string of the molecule is Fc1cccc(Cl)c1C1(F)CCNCC1. The molecule has 0 aromatic heterocycles. The van der Waals surface area contributed by atoms with Gasteiger partial charge in [-0.05, 0) is 38.1 Å². The molecule has 1 fully saturated rings. The van der Waals surface area contributed by atoms with Gasteiger partial charge in [-0.1, -0.05) is 17.7 Å². The van der Waals surface area contributed by atoms with E-state index in [-0.39, 0.29) is 23.4 Å². The topological polar surface area (TPSA) is 12.0 Å². The van der Waals surface area contributed by atoms with E-state index in [4.69, 9.17) is 11.6 Å². The van der Waals surface area contributed by atoms with Crippen molar-refractivity contribution in [3.63, 3.8) is 0 Å². The molecule has 0 saturated carbocycles. The molecular formula is C11H12ClF2N. The molecule has 1 aromatic carbocycles. The van der Waals surface area contributed by atoms with Gasteiger partial charge in [-0.3, -0.25) is 0 Å². The third kappa shape index (κ3) is 1.99. The Morgan fingerprint density at radius 2 is 1.93 bits per heavy atom. The van der Waals surface area contributed by atoms with Crippen molar-refractivity contribution in [3.05, 3.63) is 34.6 Å². The summed E-state index contributed by atoms with van der Waals surface area (Å²) < 4.78 is 28.0. The van der Waals surface area contributed by atoms with E-state index in [9.17, 15) is 8.78 Å². The first-order chi connectivity index (χ1) is 7.13. The van der Waals surface area contributed by atoms with E-state index >= 15 is 0 Å². The average Bonchev–Trinajstić information content (AvgIpc) is 2.18. The van der Waals surface area contributed by atoms with Crippen LogP contribution in [0.15, 0.2) is 18.2 Å². The van der Waals surface area contributed by atoms with Crippen molar-refractivity contribution in [1.29, 1.82) is 0 Å². The Hall–Kier alpha value is -0.670. The number of benzene rings is 1. The molecule has 82 valence electrons. The fourth-order valence-electron chi connectivity index (χ4n) is 2.00. The van der Waals surface area contributed by atoms with Crippen LogP contribution in [0.2, 0.25) is 5.02 Å². The van der Waals surface area contributed by atoms with Gasteiger partial charge < -0.3 is 5.32 Å². The maximum Gasteiger partial charge on any atom is 0.142 e. The molecule has 1 aliphatic heterocycles. The molecule has 1 heterocycles. The second-order valence-corrected chi connectivity index (χ2v) is 4.22. The van der Waals surface area contributed by atoms with Gasteiger partial charge in [0.05, 0.1) is 0 Å². The quantitative estimate of drug-likeness (QED) is 0.784. The normalized spacial score (nSPS) is 20.2. The first-order valence-electron chi connectivity index (χ1n) is 4.98. The summed E-state index contributed by atoms with van der Waals surface area (Å²) in [6.07, 6.45) is 0.543. The summed E-state index contributed by atoms with van der Waals surface area (Å²) >= 11 is 5.85. The Labute approximate surface area is 92.4 Å². The fraction of sp³-hybridized carbons (Fsp3) is 0.455. The molecule has 1 saturated heterocycles. The Kier molecular flexibility index (Phi) is 2.94. The van der Waals surface area contributed by atoms with E-state index in [2.05, 4.69) is 5.32 Å². The molecule has 0 amide bonds. The zero-order chi connectivity index (χ0) is 10.9. The largest absolute Gasteiger partial charge is 0.316 e. The molecule has 0 radical (unpaired) electrons. The van der Waals surface area contributed by atoms with Crippen molar-refractivity contribution in [2.45, 2.75) is 18.5 Å². The minimum atomic E-state index is -1.62. The van der Waals surface area contributed by atoms with Crippen LogP contribution >= 0.6 is 11.6 Å². The van der Waals surface area contributed by atoms with Crippen LogP contribution in [0.3, 0.4) is 0 Å². The zero-order valence-corrected chi connectivity index (χ0v) is 8.95. The summed E-state index contributed by atoms with van der Waals surface area (Å²) in [6, 6.07) is 4.28. The smallest absolute Gasteiger partial charge is 0.142 e. The Bertz CT molecular complexity index is 341. The number of nitrogens with one attached hydrogen (secondary N) is 1. The van der Waals surface area contributed by atoms with Gasteiger partial charge in [0.1, 0.15) is 11.5 Å². The lowest BCUT2D eigenvalue weighted by molar-refractivity contribution is 0.110. The van der Waals surface area contributed by atoms with E-state index in [0.29, 0.717) is 13.1 Å². The number of halogens is 3. The molecular weight excluding hydrogens is 220 g/mol. The molecule has 0 atom stereocenters. The number of piperidine rings is 1. The minimum Gasteiger partial charge on any atom is -0.316 e. The van der Waals surface area contributed by atoms with E-state index in [0.717, 1.165) is 0 Å². The summed E-state index contributed by atoms with van der Waals surface area (Å²) in [7, 11) is 0. The fourth-order valence-corrected chi connectivity index (χ4v) is 2.33. The van der Waals surface area contributed by atoms with E-state index in [1.165, 1.54) is 18.2 Å². The number of hydrogen-bond donors (Lipinski definition) is 1. The van der Waals surface area contributed by atoms with Crippen LogP contribution < -0.4 is 5.32 Å². The summed E-state index contributed by atoms with van der Waals surface area (Å²) in [5.74, 6) is -0.549. The first-order valence-corrected chi connectivity index (χ1v) is 5.35. The molecule has 1 aromatic rings. The van der Waals surface area contributed by atoms with E-state index in [1.54, 1.807) is 0 Å². The molecule has 0 bridgehead atoms. The van der Waals surface area contributed by atoms with Gasteiger partial charge in [-0.25, -0.2) is 8.78 Å². The van der Waals surface area contributed by atoms with Crippen molar-refractivity contribution in [2.24, 2.45) is 0 Å². The zero-order valence-electron chi connectivity index (χ0n) is 8.19. The maximum absolute atomic E-state index is 14.5. The van der Waals surface area contributed by atoms with Gasteiger partial charge >= 0.3 is 0 Å². The van der Waals surface area contributed by atoms with Gasteiger partial charge in [0.25, 0.3) is 0 Å². The lowest BCUT2D eigenvalue weighted by Gasteiger charge is -2.31. The van der Waals surface area contributed by atoms with Crippen LogP contribution in [-0.2, 0) is 5.67 Å². The van der Waals surface area contributed by atoms with E-state index in [1.807, 2.05) is 0 Å². The van der Waals surface area contributed by atoms with Crippen LogP contribution in [0.1, 0.15) is 18.4 Å². The van der Waals surface area contributed by atoms with Crippen molar-refractivity contribution >= 4 is 11.6 Å². The van der Waals surface area contributed by atoms with Crippen molar-refractivity contribution < 1.29 is 8.78 Å². The highest BCUT2D eigenvalue weighted by atomic mass is 35.5. The highest BCUT2D eigenvalue weighted by Crippen LogP contribution is 2.40. The summed E-state index contributed by atoms with van der Waals surface area (Å²) in [5.41, 5.74) is -1.60. The van der Waals surface area contributed by atoms with Crippen molar-refractivity contribution in [3.8, 4) is 0 Å². The molecule has 1 nitrogen and oxygen atoms in total. The standard InChI is InChI=1S/C11H12ClF2N/c12-8-2-1-3-9(13)10(8)11(14)4-6-15-7-5-11/h1-3,15H,4-7H2. The molecule has 4 heteroatoms. The van der Waals surface area contributed by atoms with Gasteiger partial charge in [0, 0.05) is 10.6 Å². The van der Waals surface area contributed by atoms with Gasteiger partial charge in [-0.15, -0.1) is 0 Å². The average molecular weight is 232 g/mol. The van der Waals surface area contributed by atoms with E-state index < -0.39 is 11.5 Å². The number of rotatable bonds is 1. The summed E-state index contributed by atoms with van der Waals surface area (Å²) in [5, 5.41) is 3.22. The highest BCUT2D eigenvalue weighted by molar-refractivity contribution is 6.31. The van der Waals surface area contributed by atoms with Gasteiger partial charge in [0.2, 0.25) is 0 Å². The van der Waals surface area contributed by atoms with Crippen LogP contribution in [0.4, 0.5) is 8.78 Å². The lowest BCUT2D eigenvalue weighted by Crippen LogP contribution is -2.37.